The molecule has 3 aliphatic heterocycles. The highest BCUT2D eigenvalue weighted by atomic mass is 16.2. The number of hydrogen-bond donors (Lipinski definition) is 2. The van der Waals surface area contributed by atoms with E-state index in [1.54, 1.807) is 4.90 Å². The molecule has 2 saturated heterocycles. The summed E-state index contributed by atoms with van der Waals surface area (Å²) in [4.78, 5) is 41.0. The van der Waals surface area contributed by atoms with Gasteiger partial charge in [0.1, 0.15) is 6.04 Å². The molecule has 162 valence electrons. The summed E-state index contributed by atoms with van der Waals surface area (Å²) in [6.45, 7) is 8.73. The third kappa shape index (κ3) is 4.42. The van der Waals surface area contributed by atoms with Gasteiger partial charge in [0.2, 0.25) is 11.8 Å². The monoisotopic (exact) mass is 412 g/mol. The average molecular weight is 413 g/mol. The second-order valence-corrected chi connectivity index (χ2v) is 9.13. The minimum absolute atomic E-state index is 0.0777. The van der Waals surface area contributed by atoms with Crippen LogP contribution in [-0.4, -0.2) is 59.2 Å². The number of nitrogens with zero attached hydrogens (tertiary/aromatic N) is 2. The van der Waals surface area contributed by atoms with Crippen molar-refractivity contribution >= 4 is 17.7 Å². The van der Waals surface area contributed by atoms with Crippen LogP contribution in [0.5, 0.6) is 0 Å². The molecular formula is C23H32N4O3. The molecule has 3 aliphatic rings. The highest BCUT2D eigenvalue weighted by molar-refractivity contribution is 6.05. The summed E-state index contributed by atoms with van der Waals surface area (Å²) in [5, 5.41) is 5.91. The maximum atomic E-state index is 13.2. The third-order valence-electron chi connectivity index (χ3n) is 6.55. The molecule has 1 aromatic rings. The highest BCUT2D eigenvalue weighted by Gasteiger charge is 2.40. The van der Waals surface area contributed by atoms with Gasteiger partial charge in [-0.3, -0.25) is 24.6 Å². The van der Waals surface area contributed by atoms with Gasteiger partial charge in [-0.25, -0.2) is 0 Å². The standard InChI is InChI=1S/C23H32N4O3/c1-15(2)24-12-16-8-10-26(11-9-16)13-17-4-3-5-18-14-27(23(30)21(17)18)19-6-7-20(28)25-22(19)29/h3-5,15-16,19,24H,6-14H2,1-2H3,(H,25,28,29). The Bertz CT molecular complexity index is 830. The van der Waals surface area contributed by atoms with Crippen LogP contribution in [0.25, 0.3) is 0 Å². The lowest BCUT2D eigenvalue weighted by atomic mass is 9.95. The smallest absolute Gasteiger partial charge is 0.255 e. The lowest BCUT2D eigenvalue weighted by molar-refractivity contribution is -0.136. The molecule has 1 atom stereocenters. The predicted molar refractivity (Wildman–Crippen MR) is 114 cm³/mol. The molecule has 0 radical (unpaired) electrons. The largest absolute Gasteiger partial charge is 0.322 e. The molecule has 7 heteroatoms. The van der Waals surface area contributed by atoms with Crippen molar-refractivity contribution in [2.75, 3.05) is 19.6 Å². The number of carbonyl (C=O) groups is 3. The molecule has 0 saturated carbocycles. The summed E-state index contributed by atoms with van der Waals surface area (Å²) in [7, 11) is 0. The maximum absolute atomic E-state index is 13.2. The molecule has 4 rings (SSSR count). The summed E-state index contributed by atoms with van der Waals surface area (Å²) < 4.78 is 0. The van der Waals surface area contributed by atoms with E-state index < -0.39 is 6.04 Å². The van der Waals surface area contributed by atoms with Crippen LogP contribution >= 0.6 is 0 Å². The molecule has 1 unspecified atom stereocenters. The van der Waals surface area contributed by atoms with Gasteiger partial charge in [-0.15, -0.1) is 0 Å². The summed E-state index contributed by atoms with van der Waals surface area (Å²) in [5.74, 6) is 0.0278. The Balaban J connectivity index is 1.40. The van der Waals surface area contributed by atoms with E-state index in [9.17, 15) is 14.4 Å². The van der Waals surface area contributed by atoms with Gasteiger partial charge in [0.15, 0.2) is 0 Å². The van der Waals surface area contributed by atoms with Crippen LogP contribution in [0.4, 0.5) is 0 Å². The van der Waals surface area contributed by atoms with E-state index in [1.165, 1.54) is 12.8 Å². The van der Waals surface area contributed by atoms with Gasteiger partial charge in [-0.2, -0.15) is 0 Å². The van der Waals surface area contributed by atoms with E-state index >= 15 is 0 Å². The first-order valence-electron chi connectivity index (χ1n) is 11.1. The molecule has 2 N–H and O–H groups in total. The molecule has 0 bridgehead atoms. The van der Waals surface area contributed by atoms with Gasteiger partial charge < -0.3 is 10.2 Å². The van der Waals surface area contributed by atoms with E-state index in [0.29, 0.717) is 19.0 Å². The van der Waals surface area contributed by atoms with E-state index in [-0.39, 0.29) is 24.1 Å². The van der Waals surface area contributed by atoms with Gasteiger partial charge in [0, 0.05) is 31.1 Å². The molecule has 3 heterocycles. The lowest BCUT2D eigenvalue weighted by Gasteiger charge is -2.33. The Kier molecular flexibility index (Phi) is 6.20. The highest BCUT2D eigenvalue weighted by Crippen LogP contribution is 2.31. The van der Waals surface area contributed by atoms with E-state index in [4.69, 9.17) is 0 Å². The number of carbonyl (C=O) groups excluding carboxylic acids is 3. The normalized spacial score (nSPS) is 23.2. The second kappa shape index (κ2) is 8.86. The van der Waals surface area contributed by atoms with Gasteiger partial charge in [-0.1, -0.05) is 32.0 Å². The van der Waals surface area contributed by atoms with Gasteiger partial charge >= 0.3 is 0 Å². The second-order valence-electron chi connectivity index (χ2n) is 9.13. The third-order valence-corrected chi connectivity index (χ3v) is 6.55. The van der Waals surface area contributed by atoms with E-state index in [0.717, 1.165) is 48.8 Å². The van der Waals surface area contributed by atoms with Crippen LogP contribution in [-0.2, 0) is 22.7 Å². The molecule has 0 spiro atoms. The zero-order valence-corrected chi connectivity index (χ0v) is 17.9. The Morgan fingerprint density at radius 1 is 1.13 bits per heavy atom. The summed E-state index contributed by atoms with van der Waals surface area (Å²) in [6.07, 6.45) is 3.03. The molecule has 7 nitrogen and oxygen atoms in total. The molecular weight excluding hydrogens is 380 g/mol. The molecule has 0 aromatic heterocycles. The first-order chi connectivity index (χ1) is 14.4. The fourth-order valence-electron chi connectivity index (χ4n) is 4.81. The fourth-order valence-corrected chi connectivity index (χ4v) is 4.81. The summed E-state index contributed by atoms with van der Waals surface area (Å²) in [6, 6.07) is 5.99. The minimum atomic E-state index is -0.556. The molecule has 1 aromatic carbocycles. The van der Waals surface area contributed by atoms with Crippen molar-refractivity contribution in [1.82, 2.24) is 20.4 Å². The fraction of sp³-hybridized carbons (Fsp3) is 0.609. The molecule has 0 aliphatic carbocycles. The lowest BCUT2D eigenvalue weighted by Crippen LogP contribution is -2.52. The maximum Gasteiger partial charge on any atom is 0.255 e. The summed E-state index contributed by atoms with van der Waals surface area (Å²) >= 11 is 0. The molecule has 30 heavy (non-hydrogen) atoms. The quantitative estimate of drug-likeness (QED) is 0.695. The number of rotatable bonds is 6. The SMILES string of the molecule is CC(C)NCC1CCN(Cc2cccc3c2C(=O)N(C2CCC(=O)NC2=O)C3)CC1. The van der Waals surface area contributed by atoms with Crippen molar-refractivity contribution in [3.63, 3.8) is 0 Å². The Labute approximate surface area is 178 Å². The number of amides is 3. The molecule has 2 fully saturated rings. The van der Waals surface area contributed by atoms with Crippen LogP contribution in [0.2, 0.25) is 0 Å². The molecule has 3 amide bonds. The zero-order chi connectivity index (χ0) is 21.3. The first kappa shape index (κ1) is 21.0. The van der Waals surface area contributed by atoms with E-state index in [2.05, 4.69) is 29.4 Å². The van der Waals surface area contributed by atoms with Crippen molar-refractivity contribution < 1.29 is 14.4 Å². The van der Waals surface area contributed by atoms with Gasteiger partial charge in [-0.05, 0) is 55.9 Å². The van der Waals surface area contributed by atoms with Gasteiger partial charge in [0.25, 0.3) is 5.91 Å². The Hall–Kier alpha value is -2.25. The Morgan fingerprint density at radius 3 is 2.60 bits per heavy atom. The number of benzene rings is 1. The summed E-state index contributed by atoms with van der Waals surface area (Å²) in [5.41, 5.74) is 2.79. The van der Waals surface area contributed by atoms with Crippen molar-refractivity contribution in [2.24, 2.45) is 5.92 Å². The number of piperidine rings is 2. The van der Waals surface area contributed by atoms with Crippen LogP contribution in [0.1, 0.15) is 61.0 Å². The first-order valence-corrected chi connectivity index (χ1v) is 11.1. The average Bonchev–Trinajstić information content (AvgIpc) is 3.05. The van der Waals surface area contributed by atoms with E-state index in [1.807, 2.05) is 18.2 Å². The van der Waals surface area contributed by atoms with Crippen molar-refractivity contribution in [1.29, 1.82) is 0 Å². The Morgan fingerprint density at radius 2 is 1.90 bits per heavy atom. The minimum Gasteiger partial charge on any atom is -0.322 e. The van der Waals surface area contributed by atoms with Crippen LogP contribution in [0, 0.1) is 5.92 Å². The number of likely N-dealkylation sites (tertiary alicyclic amines) is 1. The van der Waals surface area contributed by atoms with Crippen molar-refractivity contribution in [3.05, 3.63) is 34.9 Å². The topological polar surface area (TPSA) is 81.8 Å². The van der Waals surface area contributed by atoms with Crippen LogP contribution in [0.3, 0.4) is 0 Å². The number of hydrogen-bond acceptors (Lipinski definition) is 5. The number of fused-ring (bicyclic) bond motifs is 1. The van der Waals surface area contributed by atoms with Crippen LogP contribution in [0.15, 0.2) is 18.2 Å². The van der Waals surface area contributed by atoms with Crippen molar-refractivity contribution in [3.8, 4) is 0 Å². The zero-order valence-electron chi connectivity index (χ0n) is 17.9. The number of imide groups is 1. The predicted octanol–water partition coefficient (Wildman–Crippen LogP) is 1.66. The van der Waals surface area contributed by atoms with Crippen molar-refractivity contribution in [2.45, 2.75) is 64.7 Å². The van der Waals surface area contributed by atoms with Gasteiger partial charge in [0.05, 0.1) is 0 Å². The number of nitrogens with one attached hydrogen (secondary N) is 2. The van der Waals surface area contributed by atoms with Crippen LogP contribution < -0.4 is 10.6 Å².